The van der Waals surface area contributed by atoms with Crippen molar-refractivity contribution in [1.29, 1.82) is 0 Å². The molecule has 1 unspecified atom stereocenters. The predicted molar refractivity (Wildman–Crippen MR) is 74.7 cm³/mol. The van der Waals surface area contributed by atoms with Crippen molar-refractivity contribution in [3.63, 3.8) is 0 Å². The zero-order valence-electron chi connectivity index (χ0n) is 12.1. The maximum Gasteiger partial charge on any atom is 0.307 e. The van der Waals surface area contributed by atoms with Crippen molar-refractivity contribution in [3.05, 3.63) is 29.3 Å². The Labute approximate surface area is 117 Å². The van der Waals surface area contributed by atoms with E-state index in [0.717, 1.165) is 5.56 Å². The van der Waals surface area contributed by atoms with Gasteiger partial charge in [-0.25, -0.2) is 0 Å². The molecular weight excluding hydrogens is 258 g/mol. The van der Waals surface area contributed by atoms with Crippen LogP contribution in [0, 0.1) is 0 Å². The summed E-state index contributed by atoms with van der Waals surface area (Å²) in [7, 11) is 1.54. The summed E-state index contributed by atoms with van der Waals surface area (Å²) in [6, 6.07) is 5.39. The minimum absolute atomic E-state index is 0.149. The lowest BCUT2D eigenvalue weighted by Crippen LogP contribution is -2.40. The molecule has 1 atom stereocenters. The van der Waals surface area contributed by atoms with Crippen molar-refractivity contribution < 1.29 is 19.8 Å². The van der Waals surface area contributed by atoms with E-state index in [4.69, 9.17) is 5.11 Å². The predicted octanol–water partition coefficient (Wildman–Crippen LogP) is 1.62. The highest BCUT2D eigenvalue weighted by Crippen LogP contribution is 2.43. The second-order valence-electron chi connectivity index (χ2n) is 6.28. The van der Waals surface area contributed by atoms with Gasteiger partial charge >= 0.3 is 5.97 Å². The molecule has 2 rings (SSSR count). The number of carbonyl (C=O) groups is 2. The number of carbonyl (C=O) groups excluding carboxylic acids is 1. The number of anilines is 1. The summed E-state index contributed by atoms with van der Waals surface area (Å²) in [6.45, 7) is 6.06. The van der Waals surface area contributed by atoms with Gasteiger partial charge in [-0.15, -0.1) is 0 Å². The SMILES string of the molecule is CN1C(=O)C(O)(CC(=O)O)c2cc(C(C)(C)C)ccc21. The van der Waals surface area contributed by atoms with E-state index < -0.39 is 23.9 Å². The molecule has 1 heterocycles. The summed E-state index contributed by atoms with van der Waals surface area (Å²) in [4.78, 5) is 24.5. The topological polar surface area (TPSA) is 77.8 Å². The van der Waals surface area contributed by atoms with Crippen molar-refractivity contribution >= 4 is 17.6 Å². The number of likely N-dealkylation sites (N-methyl/N-ethyl adjacent to an activating group) is 1. The normalized spacial score (nSPS) is 22.1. The lowest BCUT2D eigenvalue weighted by atomic mass is 9.83. The van der Waals surface area contributed by atoms with Crippen LogP contribution in [-0.2, 0) is 20.6 Å². The van der Waals surface area contributed by atoms with Gasteiger partial charge in [-0.2, -0.15) is 0 Å². The van der Waals surface area contributed by atoms with Gasteiger partial charge < -0.3 is 15.1 Å². The van der Waals surface area contributed by atoms with Crippen molar-refractivity contribution in [2.45, 2.75) is 38.2 Å². The Morgan fingerprint density at radius 3 is 2.45 bits per heavy atom. The van der Waals surface area contributed by atoms with Crippen LogP contribution in [0.25, 0.3) is 0 Å². The van der Waals surface area contributed by atoms with Gasteiger partial charge in [-0.3, -0.25) is 9.59 Å². The second-order valence-corrected chi connectivity index (χ2v) is 6.28. The molecule has 0 spiro atoms. The first-order chi connectivity index (χ1) is 9.07. The zero-order chi connectivity index (χ0) is 15.3. The molecule has 0 aliphatic carbocycles. The van der Waals surface area contributed by atoms with Crippen LogP contribution in [0.5, 0.6) is 0 Å². The minimum atomic E-state index is -1.98. The van der Waals surface area contributed by atoms with Crippen LogP contribution >= 0.6 is 0 Å². The molecule has 1 aromatic rings. The third-order valence-corrected chi connectivity index (χ3v) is 3.74. The molecule has 20 heavy (non-hydrogen) atoms. The maximum absolute atomic E-state index is 12.2. The molecule has 1 aliphatic rings. The Hall–Kier alpha value is -1.88. The molecule has 1 aliphatic heterocycles. The quantitative estimate of drug-likeness (QED) is 0.861. The fourth-order valence-corrected chi connectivity index (χ4v) is 2.52. The van der Waals surface area contributed by atoms with E-state index in [2.05, 4.69) is 0 Å². The van der Waals surface area contributed by atoms with Crippen LogP contribution in [0.15, 0.2) is 18.2 Å². The first-order valence-electron chi connectivity index (χ1n) is 6.45. The van der Waals surface area contributed by atoms with E-state index >= 15 is 0 Å². The summed E-state index contributed by atoms with van der Waals surface area (Å²) in [6.07, 6.45) is -0.628. The van der Waals surface area contributed by atoms with Crippen LogP contribution in [0.1, 0.15) is 38.3 Å². The summed E-state index contributed by atoms with van der Waals surface area (Å²) < 4.78 is 0. The molecule has 0 saturated heterocycles. The lowest BCUT2D eigenvalue weighted by Gasteiger charge is -2.23. The first kappa shape index (κ1) is 14.5. The number of fused-ring (bicyclic) bond motifs is 1. The number of benzene rings is 1. The maximum atomic E-state index is 12.2. The number of hydrogen-bond acceptors (Lipinski definition) is 3. The Kier molecular flexibility index (Phi) is 3.13. The number of aliphatic carboxylic acids is 1. The molecule has 108 valence electrons. The fourth-order valence-electron chi connectivity index (χ4n) is 2.52. The van der Waals surface area contributed by atoms with Crippen LogP contribution in [0.3, 0.4) is 0 Å². The Balaban J connectivity index is 2.62. The highest BCUT2D eigenvalue weighted by Gasteiger charge is 2.50. The summed E-state index contributed by atoms with van der Waals surface area (Å²) in [5.41, 5.74) is -0.240. The highest BCUT2D eigenvalue weighted by atomic mass is 16.4. The summed E-state index contributed by atoms with van der Waals surface area (Å²) in [5.74, 6) is -1.80. The molecule has 5 nitrogen and oxygen atoms in total. The molecule has 0 saturated carbocycles. The number of rotatable bonds is 2. The van der Waals surface area contributed by atoms with Gasteiger partial charge in [0.2, 0.25) is 0 Å². The van der Waals surface area contributed by atoms with E-state index in [0.29, 0.717) is 11.3 Å². The third-order valence-electron chi connectivity index (χ3n) is 3.74. The van der Waals surface area contributed by atoms with Crippen molar-refractivity contribution in [3.8, 4) is 0 Å². The molecule has 1 aromatic carbocycles. The summed E-state index contributed by atoms with van der Waals surface area (Å²) >= 11 is 0. The Morgan fingerprint density at radius 2 is 1.95 bits per heavy atom. The van der Waals surface area contributed by atoms with Crippen molar-refractivity contribution in [2.24, 2.45) is 0 Å². The lowest BCUT2D eigenvalue weighted by molar-refractivity contribution is -0.150. The average molecular weight is 277 g/mol. The molecule has 0 aromatic heterocycles. The van der Waals surface area contributed by atoms with E-state index in [9.17, 15) is 14.7 Å². The van der Waals surface area contributed by atoms with Gasteiger partial charge in [0.1, 0.15) is 0 Å². The Morgan fingerprint density at radius 1 is 1.35 bits per heavy atom. The van der Waals surface area contributed by atoms with Gasteiger partial charge in [0.25, 0.3) is 5.91 Å². The number of nitrogens with zero attached hydrogens (tertiary/aromatic N) is 1. The van der Waals surface area contributed by atoms with E-state index in [1.165, 1.54) is 11.9 Å². The Bertz CT molecular complexity index is 588. The van der Waals surface area contributed by atoms with Crippen molar-refractivity contribution in [2.75, 3.05) is 11.9 Å². The molecule has 5 heteroatoms. The molecule has 1 amide bonds. The van der Waals surface area contributed by atoms with E-state index in [1.54, 1.807) is 12.1 Å². The van der Waals surface area contributed by atoms with Gasteiger partial charge in [-0.1, -0.05) is 26.8 Å². The van der Waals surface area contributed by atoms with Crippen LogP contribution < -0.4 is 4.90 Å². The van der Waals surface area contributed by atoms with E-state index in [-0.39, 0.29) is 5.41 Å². The van der Waals surface area contributed by atoms with Gasteiger partial charge in [0.05, 0.1) is 12.1 Å². The number of aliphatic hydroxyl groups is 1. The highest BCUT2D eigenvalue weighted by molar-refractivity contribution is 6.08. The fraction of sp³-hybridized carbons (Fsp3) is 0.467. The van der Waals surface area contributed by atoms with Crippen LogP contribution in [0.4, 0.5) is 5.69 Å². The van der Waals surface area contributed by atoms with Crippen LogP contribution in [0.2, 0.25) is 0 Å². The smallest absolute Gasteiger partial charge is 0.307 e. The molecule has 0 fully saturated rings. The largest absolute Gasteiger partial charge is 0.481 e. The summed E-state index contributed by atoms with van der Waals surface area (Å²) in [5, 5.41) is 19.5. The zero-order valence-corrected chi connectivity index (χ0v) is 12.1. The molecular formula is C15H19NO4. The standard InChI is InChI=1S/C15H19NO4/c1-14(2,3)9-5-6-11-10(7-9)15(20,8-12(17)18)13(19)16(11)4/h5-7,20H,8H2,1-4H3,(H,17,18). The molecule has 0 bridgehead atoms. The number of carboxylic acid groups (broad SMARTS) is 1. The first-order valence-corrected chi connectivity index (χ1v) is 6.45. The number of carboxylic acids is 1. The minimum Gasteiger partial charge on any atom is -0.481 e. The van der Waals surface area contributed by atoms with E-state index in [1.807, 2.05) is 26.8 Å². The van der Waals surface area contributed by atoms with Gasteiger partial charge in [0, 0.05) is 12.6 Å². The number of amides is 1. The van der Waals surface area contributed by atoms with Gasteiger partial charge in [0.15, 0.2) is 5.60 Å². The monoisotopic (exact) mass is 277 g/mol. The van der Waals surface area contributed by atoms with Gasteiger partial charge in [-0.05, 0) is 23.1 Å². The van der Waals surface area contributed by atoms with Crippen LogP contribution in [-0.4, -0.2) is 29.1 Å². The second kappa shape index (κ2) is 4.31. The third kappa shape index (κ3) is 2.08. The van der Waals surface area contributed by atoms with Crippen molar-refractivity contribution in [1.82, 2.24) is 0 Å². The molecule has 2 N–H and O–H groups in total. The number of hydrogen-bond donors (Lipinski definition) is 2. The average Bonchev–Trinajstić information content (AvgIpc) is 2.50. The molecule has 0 radical (unpaired) electrons.